The summed E-state index contributed by atoms with van der Waals surface area (Å²) in [7, 11) is 0. The second kappa shape index (κ2) is 5.08. The predicted octanol–water partition coefficient (Wildman–Crippen LogP) is 1.66. The van der Waals surface area contributed by atoms with Crippen LogP contribution >= 0.6 is 0 Å². The second-order valence-electron chi connectivity index (χ2n) is 4.97. The average molecular weight is 311 g/mol. The molecule has 1 aliphatic rings. The molecule has 22 heavy (non-hydrogen) atoms. The first kappa shape index (κ1) is 14.5. The molecule has 0 spiro atoms. The lowest BCUT2D eigenvalue weighted by atomic mass is 10.2. The molecule has 0 radical (unpaired) electrons. The molecule has 2 aromatic heterocycles. The first-order valence-corrected chi connectivity index (χ1v) is 6.57. The van der Waals surface area contributed by atoms with Crippen molar-refractivity contribution < 1.29 is 18.0 Å². The number of hydrogen-bond donors (Lipinski definition) is 0. The molecule has 116 valence electrons. The largest absolute Gasteiger partial charge is 0.433 e. The lowest BCUT2D eigenvalue weighted by molar-refractivity contribution is -0.141. The molecule has 0 saturated heterocycles. The third kappa shape index (κ3) is 2.53. The lowest BCUT2D eigenvalue weighted by Crippen LogP contribution is -2.38. The molecule has 1 amide bonds. The number of nitrogens with zero attached hydrogens (tertiary/aromatic N) is 5. The van der Waals surface area contributed by atoms with Crippen LogP contribution in [0.2, 0.25) is 0 Å². The van der Waals surface area contributed by atoms with Crippen molar-refractivity contribution >= 4 is 5.91 Å². The number of carbonyl (C=O) groups excluding carboxylic acids is 1. The Hall–Kier alpha value is -2.45. The summed E-state index contributed by atoms with van der Waals surface area (Å²) in [6.45, 7) is 3.12. The Bertz CT molecular complexity index is 707. The molecule has 1 aliphatic heterocycles. The fraction of sp³-hybridized carbons (Fsp3) is 0.385. The topological polar surface area (TPSA) is 63.9 Å². The van der Waals surface area contributed by atoms with Crippen molar-refractivity contribution in [3.8, 4) is 0 Å². The number of carbonyl (C=O) groups is 1. The van der Waals surface area contributed by atoms with Crippen LogP contribution in [0.25, 0.3) is 0 Å². The number of rotatable bonds is 1. The van der Waals surface area contributed by atoms with Crippen molar-refractivity contribution in [2.75, 3.05) is 6.54 Å². The number of aromatic nitrogens is 4. The van der Waals surface area contributed by atoms with E-state index in [4.69, 9.17) is 0 Å². The quantitative estimate of drug-likeness (QED) is 0.803. The van der Waals surface area contributed by atoms with E-state index in [9.17, 15) is 18.0 Å². The van der Waals surface area contributed by atoms with Gasteiger partial charge in [-0.3, -0.25) is 9.78 Å². The van der Waals surface area contributed by atoms with Gasteiger partial charge in [-0.1, -0.05) is 0 Å². The van der Waals surface area contributed by atoms with Crippen LogP contribution in [0.5, 0.6) is 0 Å². The average Bonchev–Trinajstić information content (AvgIpc) is 2.87. The molecule has 3 rings (SSSR count). The highest BCUT2D eigenvalue weighted by atomic mass is 19.4. The maximum Gasteiger partial charge on any atom is 0.433 e. The molecule has 0 atom stereocenters. The van der Waals surface area contributed by atoms with Crippen LogP contribution in [-0.4, -0.2) is 37.1 Å². The molecular weight excluding hydrogens is 299 g/mol. The normalized spacial score (nSPS) is 14.8. The van der Waals surface area contributed by atoms with Crippen molar-refractivity contribution in [2.24, 2.45) is 0 Å². The minimum Gasteiger partial charge on any atom is -0.329 e. The van der Waals surface area contributed by atoms with Gasteiger partial charge in [-0.25, -0.2) is 0 Å². The third-order valence-corrected chi connectivity index (χ3v) is 3.53. The monoisotopic (exact) mass is 311 g/mol. The zero-order chi connectivity index (χ0) is 15.9. The van der Waals surface area contributed by atoms with Gasteiger partial charge in [-0.05, 0) is 19.1 Å². The van der Waals surface area contributed by atoms with E-state index in [0.29, 0.717) is 18.9 Å². The lowest BCUT2D eigenvalue weighted by Gasteiger charge is -2.27. The van der Waals surface area contributed by atoms with Crippen molar-refractivity contribution in [2.45, 2.75) is 26.2 Å². The van der Waals surface area contributed by atoms with Crippen molar-refractivity contribution in [3.63, 3.8) is 0 Å². The molecule has 3 heterocycles. The molecule has 0 saturated carbocycles. The molecule has 0 fully saturated rings. The summed E-state index contributed by atoms with van der Waals surface area (Å²) < 4.78 is 39.3. The summed E-state index contributed by atoms with van der Waals surface area (Å²) in [5, 5.41) is 7.92. The SMILES string of the molecule is Cc1nnc2n1CCN(C(=O)c1ccc(C(F)(F)F)nc1)C2. The Morgan fingerprint density at radius 2 is 2.00 bits per heavy atom. The molecular formula is C13H12F3N5O. The van der Waals surface area contributed by atoms with Crippen molar-refractivity contribution in [1.29, 1.82) is 0 Å². The molecule has 0 N–H and O–H groups in total. The van der Waals surface area contributed by atoms with Gasteiger partial charge in [0.1, 0.15) is 11.5 Å². The van der Waals surface area contributed by atoms with Gasteiger partial charge < -0.3 is 9.47 Å². The molecule has 0 bridgehead atoms. The zero-order valence-electron chi connectivity index (χ0n) is 11.6. The Labute approximate surface area is 123 Å². The maximum absolute atomic E-state index is 12.5. The van der Waals surface area contributed by atoms with Gasteiger partial charge in [-0.15, -0.1) is 10.2 Å². The molecule has 0 aromatic carbocycles. The Kier molecular flexibility index (Phi) is 3.34. The van der Waals surface area contributed by atoms with Gasteiger partial charge in [-0.2, -0.15) is 13.2 Å². The summed E-state index contributed by atoms with van der Waals surface area (Å²) in [5.74, 6) is 1.07. The molecule has 0 aliphatic carbocycles. The Morgan fingerprint density at radius 1 is 1.23 bits per heavy atom. The molecule has 6 nitrogen and oxygen atoms in total. The van der Waals surface area contributed by atoms with Crippen LogP contribution in [0.1, 0.15) is 27.7 Å². The molecule has 0 unspecified atom stereocenters. The number of amides is 1. The fourth-order valence-corrected chi connectivity index (χ4v) is 2.35. The maximum atomic E-state index is 12.5. The Balaban J connectivity index is 1.78. The number of pyridine rings is 1. The number of hydrogen-bond acceptors (Lipinski definition) is 4. The van der Waals surface area contributed by atoms with Gasteiger partial charge in [0, 0.05) is 19.3 Å². The highest BCUT2D eigenvalue weighted by Gasteiger charge is 2.32. The highest BCUT2D eigenvalue weighted by Crippen LogP contribution is 2.27. The second-order valence-corrected chi connectivity index (χ2v) is 4.97. The summed E-state index contributed by atoms with van der Waals surface area (Å²) in [6.07, 6.45) is -3.56. The predicted molar refractivity (Wildman–Crippen MR) is 68.7 cm³/mol. The van der Waals surface area contributed by atoms with E-state index in [1.54, 1.807) is 0 Å². The number of alkyl halides is 3. The van der Waals surface area contributed by atoms with E-state index in [1.165, 1.54) is 4.90 Å². The van der Waals surface area contributed by atoms with Gasteiger partial charge in [0.25, 0.3) is 5.91 Å². The molecule has 2 aromatic rings. The van der Waals surface area contributed by atoms with E-state index < -0.39 is 11.9 Å². The summed E-state index contributed by atoms with van der Waals surface area (Å²) in [4.78, 5) is 17.2. The summed E-state index contributed by atoms with van der Waals surface area (Å²) in [5.41, 5.74) is -0.893. The van der Waals surface area contributed by atoms with E-state index in [2.05, 4.69) is 15.2 Å². The van der Waals surface area contributed by atoms with Gasteiger partial charge >= 0.3 is 6.18 Å². The first-order valence-electron chi connectivity index (χ1n) is 6.57. The first-order chi connectivity index (χ1) is 10.4. The van der Waals surface area contributed by atoms with Gasteiger partial charge in [0.15, 0.2) is 5.82 Å². The fourth-order valence-electron chi connectivity index (χ4n) is 2.35. The zero-order valence-corrected chi connectivity index (χ0v) is 11.6. The van der Waals surface area contributed by atoms with Crippen molar-refractivity contribution in [1.82, 2.24) is 24.6 Å². The van der Waals surface area contributed by atoms with Gasteiger partial charge in [0.05, 0.1) is 12.1 Å². The minimum absolute atomic E-state index is 0.123. The van der Waals surface area contributed by atoms with E-state index in [-0.39, 0.29) is 18.0 Å². The van der Waals surface area contributed by atoms with E-state index in [1.807, 2.05) is 11.5 Å². The number of aryl methyl sites for hydroxylation is 1. The molecule has 9 heteroatoms. The van der Waals surface area contributed by atoms with Gasteiger partial charge in [0.2, 0.25) is 0 Å². The summed E-state index contributed by atoms with van der Waals surface area (Å²) >= 11 is 0. The van der Waals surface area contributed by atoms with Crippen LogP contribution in [-0.2, 0) is 19.3 Å². The number of halogens is 3. The van der Waals surface area contributed by atoms with Crippen LogP contribution in [0.4, 0.5) is 13.2 Å². The smallest absolute Gasteiger partial charge is 0.329 e. The minimum atomic E-state index is -4.51. The third-order valence-electron chi connectivity index (χ3n) is 3.53. The highest BCUT2D eigenvalue weighted by molar-refractivity contribution is 5.93. The van der Waals surface area contributed by atoms with Crippen LogP contribution in [0.15, 0.2) is 18.3 Å². The van der Waals surface area contributed by atoms with Crippen LogP contribution in [0.3, 0.4) is 0 Å². The summed E-state index contributed by atoms with van der Waals surface area (Å²) in [6, 6.07) is 1.95. The van der Waals surface area contributed by atoms with Crippen LogP contribution in [0, 0.1) is 6.92 Å². The number of fused-ring (bicyclic) bond motifs is 1. The van der Waals surface area contributed by atoms with E-state index in [0.717, 1.165) is 24.2 Å². The Morgan fingerprint density at radius 3 is 2.64 bits per heavy atom. The van der Waals surface area contributed by atoms with E-state index >= 15 is 0 Å². The van der Waals surface area contributed by atoms with Crippen LogP contribution < -0.4 is 0 Å². The standard InChI is InChI=1S/C13H12F3N5O/c1-8-18-19-11-7-20(4-5-21(8)11)12(22)9-2-3-10(17-6-9)13(14,15)16/h2-3,6H,4-5,7H2,1H3. The van der Waals surface area contributed by atoms with Crippen molar-refractivity contribution in [3.05, 3.63) is 41.2 Å².